The summed E-state index contributed by atoms with van der Waals surface area (Å²) in [6, 6.07) is 12.8. The summed E-state index contributed by atoms with van der Waals surface area (Å²) >= 11 is 0. The van der Waals surface area contributed by atoms with Crippen molar-refractivity contribution in [1.82, 2.24) is 10.0 Å². The summed E-state index contributed by atoms with van der Waals surface area (Å²) in [5.41, 5.74) is 1.57. The van der Waals surface area contributed by atoms with Gasteiger partial charge in [-0.05, 0) is 42.6 Å². The number of hydrogen-bond acceptors (Lipinski definition) is 3. The third-order valence-corrected chi connectivity index (χ3v) is 6.09. The van der Waals surface area contributed by atoms with Gasteiger partial charge in [0.15, 0.2) is 11.6 Å². The molecule has 0 saturated carbocycles. The van der Waals surface area contributed by atoms with E-state index in [1.165, 1.54) is 6.07 Å². The van der Waals surface area contributed by atoms with Gasteiger partial charge in [-0.15, -0.1) is 12.4 Å². The van der Waals surface area contributed by atoms with Gasteiger partial charge in [-0.3, -0.25) is 0 Å². The molecule has 0 amide bonds. The first kappa shape index (κ1) is 21.8. The van der Waals surface area contributed by atoms with Crippen molar-refractivity contribution in [3.8, 4) is 0 Å². The lowest BCUT2D eigenvalue weighted by atomic mass is 9.86. The number of rotatable bonds is 6. The Hall–Kier alpha value is -1.54. The highest BCUT2D eigenvalue weighted by molar-refractivity contribution is 7.89. The van der Waals surface area contributed by atoms with Crippen LogP contribution in [0.15, 0.2) is 48.5 Å². The highest BCUT2D eigenvalue weighted by Gasteiger charge is 2.30. The number of benzene rings is 2. The van der Waals surface area contributed by atoms with Crippen molar-refractivity contribution in [2.24, 2.45) is 0 Å². The second kappa shape index (κ2) is 9.59. The van der Waals surface area contributed by atoms with Crippen molar-refractivity contribution in [3.63, 3.8) is 0 Å². The Morgan fingerprint density at radius 1 is 1.07 bits per heavy atom. The van der Waals surface area contributed by atoms with Gasteiger partial charge < -0.3 is 5.32 Å². The van der Waals surface area contributed by atoms with E-state index in [4.69, 9.17) is 0 Å². The molecule has 1 saturated heterocycles. The molecule has 148 valence electrons. The molecule has 1 heterocycles. The number of piperidine rings is 1. The van der Waals surface area contributed by atoms with Crippen LogP contribution in [-0.4, -0.2) is 33.3 Å². The normalized spacial score (nSPS) is 20.1. The highest BCUT2D eigenvalue weighted by Crippen LogP contribution is 2.27. The van der Waals surface area contributed by atoms with Gasteiger partial charge in [0.05, 0.1) is 5.75 Å². The fourth-order valence-corrected chi connectivity index (χ4v) is 4.64. The summed E-state index contributed by atoms with van der Waals surface area (Å²) in [6.45, 7) is 1.15. The van der Waals surface area contributed by atoms with Crippen LogP contribution in [0.25, 0.3) is 0 Å². The Morgan fingerprint density at radius 2 is 1.81 bits per heavy atom. The molecule has 0 spiro atoms. The van der Waals surface area contributed by atoms with E-state index in [2.05, 4.69) is 10.0 Å². The van der Waals surface area contributed by atoms with E-state index < -0.39 is 27.7 Å². The Balaban J connectivity index is 0.00000261. The van der Waals surface area contributed by atoms with Gasteiger partial charge in [0, 0.05) is 18.5 Å². The molecule has 3 rings (SSSR count). The topological polar surface area (TPSA) is 58.2 Å². The van der Waals surface area contributed by atoms with Crippen LogP contribution in [0, 0.1) is 11.6 Å². The fraction of sp³-hybridized carbons (Fsp3) is 0.368. The van der Waals surface area contributed by atoms with E-state index in [0.29, 0.717) is 31.5 Å². The van der Waals surface area contributed by atoms with Crippen molar-refractivity contribution >= 4 is 22.4 Å². The van der Waals surface area contributed by atoms with Crippen molar-refractivity contribution in [1.29, 1.82) is 0 Å². The van der Waals surface area contributed by atoms with Gasteiger partial charge in [0.1, 0.15) is 0 Å². The van der Waals surface area contributed by atoms with Crippen molar-refractivity contribution < 1.29 is 17.2 Å². The number of sulfonamides is 1. The van der Waals surface area contributed by atoms with Crippen LogP contribution >= 0.6 is 12.4 Å². The van der Waals surface area contributed by atoms with E-state index in [0.717, 1.165) is 17.7 Å². The summed E-state index contributed by atoms with van der Waals surface area (Å²) in [7, 11) is -3.50. The summed E-state index contributed by atoms with van der Waals surface area (Å²) in [6.07, 6.45) is 1.07. The molecule has 2 unspecified atom stereocenters. The molecule has 0 aliphatic carbocycles. The third-order valence-electron chi connectivity index (χ3n) is 4.69. The SMILES string of the molecule is Cl.O=S(=O)(CCc1ccccc1)NC1CNCCC1c1ccc(F)c(F)c1. The summed E-state index contributed by atoms with van der Waals surface area (Å²) in [5, 5.41) is 3.16. The van der Waals surface area contributed by atoms with Crippen LogP contribution in [0.3, 0.4) is 0 Å². The standard InChI is InChI=1S/C19H22F2N2O2S.ClH/c20-17-7-6-15(12-18(17)21)16-8-10-22-13-19(16)23-26(24,25)11-9-14-4-2-1-3-5-14;/h1-7,12,16,19,22-23H,8-11,13H2;1H. The first-order valence-corrected chi connectivity index (χ1v) is 10.3. The zero-order valence-electron chi connectivity index (χ0n) is 14.7. The van der Waals surface area contributed by atoms with Crippen LogP contribution in [0.5, 0.6) is 0 Å². The molecule has 2 aromatic rings. The highest BCUT2D eigenvalue weighted by atomic mass is 35.5. The average molecular weight is 417 g/mol. The Morgan fingerprint density at radius 3 is 2.52 bits per heavy atom. The smallest absolute Gasteiger partial charge is 0.212 e. The summed E-state index contributed by atoms with van der Waals surface area (Å²) < 4.78 is 54.5. The van der Waals surface area contributed by atoms with Crippen LogP contribution in [0.1, 0.15) is 23.5 Å². The summed E-state index contributed by atoms with van der Waals surface area (Å²) in [4.78, 5) is 0. The molecule has 2 aromatic carbocycles. The van der Waals surface area contributed by atoms with E-state index in [1.807, 2.05) is 30.3 Å². The minimum atomic E-state index is -3.50. The Kier molecular flexibility index (Phi) is 7.73. The lowest BCUT2D eigenvalue weighted by Gasteiger charge is -2.33. The van der Waals surface area contributed by atoms with Crippen molar-refractivity contribution in [2.45, 2.75) is 24.8 Å². The van der Waals surface area contributed by atoms with Crippen LogP contribution in [-0.2, 0) is 16.4 Å². The number of nitrogens with one attached hydrogen (secondary N) is 2. The van der Waals surface area contributed by atoms with E-state index >= 15 is 0 Å². The zero-order valence-corrected chi connectivity index (χ0v) is 16.3. The third kappa shape index (κ3) is 5.97. The molecule has 0 aromatic heterocycles. The molecule has 8 heteroatoms. The average Bonchev–Trinajstić information content (AvgIpc) is 2.64. The molecule has 4 nitrogen and oxygen atoms in total. The molecule has 27 heavy (non-hydrogen) atoms. The maximum atomic E-state index is 13.6. The maximum Gasteiger partial charge on any atom is 0.212 e. The largest absolute Gasteiger partial charge is 0.315 e. The molecular weight excluding hydrogens is 394 g/mol. The second-order valence-corrected chi connectivity index (χ2v) is 8.43. The van der Waals surface area contributed by atoms with E-state index in [9.17, 15) is 17.2 Å². The first-order valence-electron chi connectivity index (χ1n) is 8.64. The lowest BCUT2D eigenvalue weighted by Crippen LogP contribution is -2.50. The number of hydrogen-bond donors (Lipinski definition) is 2. The van der Waals surface area contributed by atoms with Gasteiger partial charge in [-0.1, -0.05) is 36.4 Å². The molecule has 0 radical (unpaired) electrons. The van der Waals surface area contributed by atoms with Crippen LogP contribution in [0.2, 0.25) is 0 Å². The van der Waals surface area contributed by atoms with Gasteiger partial charge in [-0.25, -0.2) is 21.9 Å². The molecule has 2 N–H and O–H groups in total. The minimum Gasteiger partial charge on any atom is -0.315 e. The van der Waals surface area contributed by atoms with Gasteiger partial charge in [-0.2, -0.15) is 0 Å². The monoisotopic (exact) mass is 416 g/mol. The quantitative estimate of drug-likeness (QED) is 0.761. The van der Waals surface area contributed by atoms with Gasteiger partial charge in [0.2, 0.25) is 10.0 Å². The number of aryl methyl sites for hydroxylation is 1. The molecule has 1 aliphatic heterocycles. The predicted octanol–water partition coefficient (Wildman–Crippen LogP) is 2.99. The van der Waals surface area contributed by atoms with Crippen molar-refractivity contribution in [3.05, 3.63) is 71.3 Å². The molecule has 1 aliphatic rings. The second-order valence-electron chi connectivity index (χ2n) is 6.55. The van der Waals surface area contributed by atoms with E-state index in [1.54, 1.807) is 0 Å². The first-order chi connectivity index (χ1) is 12.4. The van der Waals surface area contributed by atoms with E-state index in [-0.39, 0.29) is 24.1 Å². The zero-order chi connectivity index (χ0) is 18.6. The Bertz CT molecular complexity index is 850. The number of halogens is 3. The summed E-state index contributed by atoms with van der Waals surface area (Å²) in [5.74, 6) is -2.02. The molecule has 2 atom stereocenters. The minimum absolute atomic E-state index is 0. The molecule has 0 bridgehead atoms. The maximum absolute atomic E-state index is 13.6. The Labute approximate surface area is 164 Å². The van der Waals surface area contributed by atoms with Gasteiger partial charge >= 0.3 is 0 Å². The van der Waals surface area contributed by atoms with Crippen LogP contribution in [0.4, 0.5) is 8.78 Å². The van der Waals surface area contributed by atoms with Crippen LogP contribution < -0.4 is 10.0 Å². The van der Waals surface area contributed by atoms with Gasteiger partial charge in [0.25, 0.3) is 0 Å². The molecular formula is C19H23ClF2N2O2S. The predicted molar refractivity (Wildman–Crippen MR) is 105 cm³/mol. The lowest BCUT2D eigenvalue weighted by molar-refractivity contribution is 0.376. The molecule has 1 fully saturated rings. The van der Waals surface area contributed by atoms with Crippen molar-refractivity contribution in [2.75, 3.05) is 18.8 Å². The fourth-order valence-electron chi connectivity index (χ4n) is 3.31.